The van der Waals surface area contributed by atoms with Gasteiger partial charge >= 0.3 is 0 Å². The number of nitriles is 1. The van der Waals surface area contributed by atoms with Crippen LogP contribution in [0.4, 0.5) is 5.69 Å². The Labute approximate surface area is 149 Å². The molecular formula is C18H15N5OS. The average molecular weight is 349 g/mol. The van der Waals surface area contributed by atoms with Crippen molar-refractivity contribution in [1.29, 1.82) is 5.26 Å². The van der Waals surface area contributed by atoms with E-state index in [1.807, 2.05) is 42.5 Å². The first-order valence-electron chi connectivity index (χ1n) is 7.60. The number of amides is 1. The summed E-state index contributed by atoms with van der Waals surface area (Å²) in [5, 5.41) is 16.4. The van der Waals surface area contributed by atoms with E-state index in [1.54, 1.807) is 23.1 Å². The van der Waals surface area contributed by atoms with Crippen molar-refractivity contribution < 1.29 is 4.79 Å². The fourth-order valence-electron chi connectivity index (χ4n) is 2.14. The highest BCUT2D eigenvalue weighted by Gasteiger charge is 2.08. The molecule has 1 aromatic heterocycles. The van der Waals surface area contributed by atoms with Crippen molar-refractivity contribution in [3.63, 3.8) is 0 Å². The summed E-state index contributed by atoms with van der Waals surface area (Å²) < 4.78 is 1.67. The summed E-state index contributed by atoms with van der Waals surface area (Å²) in [6.07, 6.45) is 1.99. The van der Waals surface area contributed by atoms with Crippen molar-refractivity contribution in [3.05, 3.63) is 66.5 Å². The first kappa shape index (κ1) is 16.7. The highest BCUT2D eigenvalue weighted by molar-refractivity contribution is 7.99. The maximum atomic E-state index is 12.0. The minimum atomic E-state index is -0.130. The molecule has 1 heterocycles. The predicted molar refractivity (Wildman–Crippen MR) is 96.5 cm³/mol. The Morgan fingerprint density at radius 1 is 1.16 bits per heavy atom. The molecular weight excluding hydrogens is 334 g/mol. The largest absolute Gasteiger partial charge is 0.325 e. The molecule has 0 unspecified atom stereocenters. The molecule has 0 spiro atoms. The number of benzene rings is 2. The number of hydrogen-bond acceptors (Lipinski definition) is 5. The van der Waals surface area contributed by atoms with E-state index >= 15 is 0 Å². The van der Waals surface area contributed by atoms with Crippen LogP contribution in [-0.2, 0) is 11.2 Å². The van der Waals surface area contributed by atoms with Crippen molar-refractivity contribution in [1.82, 2.24) is 14.8 Å². The Morgan fingerprint density at radius 2 is 1.92 bits per heavy atom. The number of hydrogen-bond donors (Lipinski definition) is 1. The molecule has 1 amide bonds. The summed E-state index contributed by atoms with van der Waals surface area (Å²) >= 11 is 1.28. The molecule has 0 saturated heterocycles. The molecule has 124 valence electrons. The Hall–Kier alpha value is -3.11. The van der Waals surface area contributed by atoms with E-state index < -0.39 is 0 Å². The Bertz CT molecular complexity index is 884. The topological polar surface area (TPSA) is 83.6 Å². The number of nitrogens with zero attached hydrogens (tertiary/aromatic N) is 4. The molecule has 0 aliphatic heterocycles. The zero-order chi connectivity index (χ0) is 17.5. The second-order valence-corrected chi connectivity index (χ2v) is 6.12. The predicted octanol–water partition coefficient (Wildman–Crippen LogP) is 3.06. The number of anilines is 1. The Morgan fingerprint density at radius 3 is 2.64 bits per heavy atom. The van der Waals surface area contributed by atoms with Gasteiger partial charge in [-0.05, 0) is 29.8 Å². The van der Waals surface area contributed by atoms with Gasteiger partial charge in [-0.15, -0.1) is 5.10 Å². The maximum Gasteiger partial charge on any atom is 0.234 e. The molecule has 0 fully saturated rings. The lowest BCUT2D eigenvalue weighted by Crippen LogP contribution is -2.14. The lowest BCUT2D eigenvalue weighted by molar-refractivity contribution is -0.113. The van der Waals surface area contributed by atoms with E-state index in [9.17, 15) is 4.79 Å². The normalized spacial score (nSPS) is 10.2. The summed E-state index contributed by atoms with van der Waals surface area (Å²) in [6, 6.07) is 19.0. The van der Waals surface area contributed by atoms with Gasteiger partial charge in [-0.2, -0.15) is 5.26 Å². The molecule has 0 atom stereocenters. The van der Waals surface area contributed by atoms with E-state index in [0.29, 0.717) is 17.3 Å². The maximum absolute atomic E-state index is 12.0. The highest BCUT2D eigenvalue weighted by atomic mass is 32.2. The number of nitrogens with one attached hydrogen (secondary N) is 1. The van der Waals surface area contributed by atoms with E-state index in [1.165, 1.54) is 11.8 Å². The van der Waals surface area contributed by atoms with Gasteiger partial charge in [-0.25, -0.2) is 9.67 Å². The second-order valence-electron chi connectivity index (χ2n) is 5.18. The van der Waals surface area contributed by atoms with Crippen molar-refractivity contribution in [3.8, 4) is 11.8 Å². The monoisotopic (exact) mass is 349 g/mol. The van der Waals surface area contributed by atoms with E-state index in [2.05, 4.69) is 21.5 Å². The van der Waals surface area contributed by atoms with Crippen LogP contribution in [0.25, 0.3) is 5.69 Å². The van der Waals surface area contributed by atoms with Crippen LogP contribution in [0.15, 0.2) is 66.1 Å². The average Bonchev–Trinajstić information content (AvgIpc) is 3.12. The van der Waals surface area contributed by atoms with Crippen LogP contribution in [0.5, 0.6) is 0 Å². The molecule has 0 bridgehead atoms. The minimum absolute atomic E-state index is 0.130. The number of carbonyl (C=O) groups is 1. The van der Waals surface area contributed by atoms with Crippen LogP contribution in [-0.4, -0.2) is 26.4 Å². The van der Waals surface area contributed by atoms with Gasteiger partial charge in [0.25, 0.3) is 0 Å². The number of aromatic nitrogens is 3. The third-order valence-electron chi connectivity index (χ3n) is 3.34. The van der Waals surface area contributed by atoms with Gasteiger partial charge in [0, 0.05) is 5.69 Å². The van der Waals surface area contributed by atoms with Crippen LogP contribution in [0.1, 0.15) is 5.56 Å². The Balaban J connectivity index is 1.52. The quantitative estimate of drug-likeness (QED) is 0.692. The van der Waals surface area contributed by atoms with Crippen molar-refractivity contribution in [2.75, 3.05) is 11.1 Å². The number of para-hydroxylation sites is 1. The van der Waals surface area contributed by atoms with E-state index in [0.717, 1.165) is 11.3 Å². The summed E-state index contributed by atoms with van der Waals surface area (Å²) in [7, 11) is 0. The highest BCUT2D eigenvalue weighted by Crippen LogP contribution is 2.15. The molecule has 0 aliphatic rings. The zero-order valence-electron chi connectivity index (χ0n) is 13.3. The lowest BCUT2D eigenvalue weighted by Gasteiger charge is -2.04. The fourth-order valence-corrected chi connectivity index (χ4v) is 2.74. The summed E-state index contributed by atoms with van der Waals surface area (Å²) in [5.41, 5.74) is 2.55. The molecule has 3 aromatic rings. The van der Waals surface area contributed by atoms with Gasteiger partial charge in [0.15, 0.2) is 0 Å². The Kier molecular flexibility index (Phi) is 5.44. The number of rotatable bonds is 6. The van der Waals surface area contributed by atoms with Crippen molar-refractivity contribution in [2.45, 2.75) is 11.6 Å². The summed E-state index contributed by atoms with van der Waals surface area (Å²) in [4.78, 5) is 16.2. The fraction of sp³-hybridized carbons (Fsp3) is 0.111. The molecule has 0 radical (unpaired) electrons. The molecule has 2 aromatic carbocycles. The van der Waals surface area contributed by atoms with Crippen LogP contribution in [0.3, 0.4) is 0 Å². The first-order valence-corrected chi connectivity index (χ1v) is 8.59. The molecule has 6 nitrogen and oxygen atoms in total. The van der Waals surface area contributed by atoms with Crippen LogP contribution < -0.4 is 5.32 Å². The molecule has 1 N–H and O–H groups in total. The van der Waals surface area contributed by atoms with Crippen molar-refractivity contribution in [2.24, 2.45) is 0 Å². The van der Waals surface area contributed by atoms with Gasteiger partial charge < -0.3 is 5.32 Å². The van der Waals surface area contributed by atoms with Crippen LogP contribution >= 0.6 is 11.8 Å². The van der Waals surface area contributed by atoms with Gasteiger partial charge in [0.2, 0.25) is 11.1 Å². The molecule has 25 heavy (non-hydrogen) atoms. The SMILES string of the molecule is N#CCc1ccc(NC(=O)CSc2ncn(-c3ccccc3)n2)cc1. The van der Waals surface area contributed by atoms with Gasteiger partial charge in [-0.3, -0.25) is 4.79 Å². The molecule has 0 aliphatic carbocycles. The van der Waals surface area contributed by atoms with Crippen LogP contribution in [0, 0.1) is 11.3 Å². The van der Waals surface area contributed by atoms with E-state index in [-0.39, 0.29) is 11.7 Å². The first-order chi connectivity index (χ1) is 12.2. The third-order valence-corrected chi connectivity index (χ3v) is 4.20. The smallest absolute Gasteiger partial charge is 0.234 e. The zero-order valence-corrected chi connectivity index (χ0v) is 14.1. The molecule has 0 saturated carbocycles. The van der Waals surface area contributed by atoms with Crippen molar-refractivity contribution >= 4 is 23.4 Å². The molecule has 7 heteroatoms. The van der Waals surface area contributed by atoms with Crippen LogP contribution in [0.2, 0.25) is 0 Å². The standard InChI is InChI=1S/C18H15N5OS/c19-11-10-14-6-8-15(9-7-14)21-17(24)12-25-18-20-13-23(22-18)16-4-2-1-3-5-16/h1-9,13H,10,12H2,(H,21,24). The number of carbonyl (C=O) groups excluding carboxylic acids is 1. The lowest BCUT2D eigenvalue weighted by atomic mass is 10.1. The third kappa shape index (κ3) is 4.68. The second kappa shape index (κ2) is 8.13. The van der Waals surface area contributed by atoms with E-state index in [4.69, 9.17) is 5.26 Å². The van der Waals surface area contributed by atoms with Gasteiger partial charge in [0.05, 0.1) is 23.9 Å². The summed E-state index contributed by atoms with van der Waals surface area (Å²) in [5.74, 6) is 0.0905. The van der Waals surface area contributed by atoms with Gasteiger partial charge in [0.1, 0.15) is 6.33 Å². The molecule has 3 rings (SSSR count). The summed E-state index contributed by atoms with van der Waals surface area (Å²) in [6.45, 7) is 0. The van der Waals surface area contributed by atoms with Gasteiger partial charge in [-0.1, -0.05) is 42.1 Å². The number of thioether (sulfide) groups is 1. The minimum Gasteiger partial charge on any atom is -0.325 e.